The largest absolute Gasteiger partial charge is 0.494 e. The summed E-state index contributed by atoms with van der Waals surface area (Å²) in [6.45, 7) is 4.10. The van der Waals surface area contributed by atoms with Crippen LogP contribution in [-0.2, 0) is 9.59 Å². The van der Waals surface area contributed by atoms with Gasteiger partial charge in [0, 0.05) is 7.05 Å². The van der Waals surface area contributed by atoms with Gasteiger partial charge in [-0.05, 0) is 44.4 Å². The molecule has 7 nitrogen and oxygen atoms in total. The fourth-order valence-electron chi connectivity index (χ4n) is 4.23. The number of nitrogens with zero attached hydrogens (tertiary/aromatic N) is 2. The molecule has 2 fully saturated rings. The molecule has 1 N–H and O–H groups in total. The number of likely N-dealkylation sites (N-methyl/N-ethyl adjacent to an activating group) is 1. The Morgan fingerprint density at radius 1 is 1.25 bits per heavy atom. The molecule has 1 aromatic rings. The summed E-state index contributed by atoms with van der Waals surface area (Å²) in [5, 5.41) is 2.88. The third kappa shape index (κ3) is 3.70. The molecule has 1 aliphatic carbocycles. The first-order valence-electron chi connectivity index (χ1n) is 10.0. The molecule has 1 atom stereocenters. The number of nitrogens with one attached hydrogen (secondary N) is 1. The van der Waals surface area contributed by atoms with Crippen LogP contribution in [0.1, 0.15) is 57.6 Å². The number of ether oxygens (including phenoxy) is 1. The van der Waals surface area contributed by atoms with Crippen molar-refractivity contribution >= 4 is 17.8 Å². The Morgan fingerprint density at radius 3 is 2.64 bits per heavy atom. The zero-order valence-corrected chi connectivity index (χ0v) is 16.9. The predicted molar refractivity (Wildman–Crippen MR) is 105 cm³/mol. The minimum atomic E-state index is -0.757. The van der Waals surface area contributed by atoms with Gasteiger partial charge in [0.15, 0.2) is 0 Å². The molecule has 1 spiro atoms. The summed E-state index contributed by atoms with van der Waals surface area (Å²) in [4.78, 5) is 40.8. The predicted octanol–water partition coefficient (Wildman–Crippen LogP) is 2.86. The van der Waals surface area contributed by atoms with Gasteiger partial charge in [-0.15, -0.1) is 0 Å². The third-order valence-electron chi connectivity index (χ3n) is 5.83. The average Bonchev–Trinajstić information content (AvgIpc) is 2.85. The summed E-state index contributed by atoms with van der Waals surface area (Å²) in [7, 11) is 1.67. The molecule has 1 aromatic carbocycles. The molecule has 28 heavy (non-hydrogen) atoms. The molecule has 1 saturated heterocycles. The minimum absolute atomic E-state index is 0.235. The Bertz CT molecular complexity index is 758. The number of carbonyl (C=O) groups is 3. The molecule has 7 heteroatoms. The van der Waals surface area contributed by atoms with Crippen LogP contribution in [-0.4, -0.2) is 53.4 Å². The average molecular weight is 387 g/mol. The lowest BCUT2D eigenvalue weighted by Gasteiger charge is -2.35. The highest BCUT2D eigenvalue weighted by molar-refractivity contribution is 6.08. The summed E-state index contributed by atoms with van der Waals surface area (Å²) >= 11 is 0. The SMILES string of the molecule is CCOc1cccc(C(C)NC(=O)CN2C(=O)N(C)C3(CCCCC3)C2=O)c1. The van der Waals surface area contributed by atoms with Gasteiger partial charge in [-0.1, -0.05) is 31.4 Å². The van der Waals surface area contributed by atoms with Crippen molar-refractivity contribution in [2.24, 2.45) is 0 Å². The maximum absolute atomic E-state index is 13.0. The molecule has 2 aliphatic rings. The number of benzene rings is 1. The molecular formula is C21H29N3O4. The van der Waals surface area contributed by atoms with Crippen molar-refractivity contribution in [2.45, 2.75) is 57.5 Å². The number of imide groups is 1. The fourth-order valence-corrected chi connectivity index (χ4v) is 4.23. The molecule has 1 unspecified atom stereocenters. The van der Waals surface area contributed by atoms with Gasteiger partial charge < -0.3 is 15.0 Å². The van der Waals surface area contributed by atoms with E-state index in [0.29, 0.717) is 19.4 Å². The molecule has 0 aromatic heterocycles. The van der Waals surface area contributed by atoms with Gasteiger partial charge in [-0.25, -0.2) is 4.79 Å². The lowest BCUT2D eigenvalue weighted by molar-refractivity contribution is -0.137. The maximum Gasteiger partial charge on any atom is 0.327 e. The van der Waals surface area contributed by atoms with E-state index in [0.717, 1.165) is 35.5 Å². The molecule has 3 rings (SSSR count). The first-order valence-corrected chi connectivity index (χ1v) is 10.0. The van der Waals surface area contributed by atoms with Crippen LogP contribution in [0.25, 0.3) is 0 Å². The van der Waals surface area contributed by atoms with Crippen molar-refractivity contribution in [1.82, 2.24) is 15.1 Å². The van der Waals surface area contributed by atoms with Gasteiger partial charge in [0.2, 0.25) is 5.91 Å². The number of rotatable bonds is 6. The Morgan fingerprint density at radius 2 is 1.96 bits per heavy atom. The van der Waals surface area contributed by atoms with Gasteiger partial charge in [0.25, 0.3) is 5.91 Å². The van der Waals surface area contributed by atoms with Crippen molar-refractivity contribution in [3.05, 3.63) is 29.8 Å². The molecular weight excluding hydrogens is 358 g/mol. The Balaban J connectivity index is 1.65. The quantitative estimate of drug-likeness (QED) is 0.762. The normalized spacial score (nSPS) is 19.8. The van der Waals surface area contributed by atoms with E-state index in [1.165, 1.54) is 4.90 Å². The molecule has 1 heterocycles. The first-order chi connectivity index (χ1) is 13.4. The van der Waals surface area contributed by atoms with Crippen LogP contribution in [0.2, 0.25) is 0 Å². The molecule has 0 radical (unpaired) electrons. The zero-order chi connectivity index (χ0) is 20.3. The monoisotopic (exact) mass is 387 g/mol. The fraction of sp³-hybridized carbons (Fsp3) is 0.571. The Hall–Kier alpha value is -2.57. The van der Waals surface area contributed by atoms with Crippen molar-refractivity contribution in [3.8, 4) is 5.75 Å². The summed E-state index contributed by atoms with van der Waals surface area (Å²) in [5.74, 6) is 0.157. The van der Waals surface area contributed by atoms with E-state index in [4.69, 9.17) is 4.74 Å². The van der Waals surface area contributed by atoms with E-state index in [9.17, 15) is 14.4 Å². The summed E-state index contributed by atoms with van der Waals surface area (Å²) < 4.78 is 5.50. The zero-order valence-electron chi connectivity index (χ0n) is 16.9. The van der Waals surface area contributed by atoms with Crippen molar-refractivity contribution in [3.63, 3.8) is 0 Å². The van der Waals surface area contributed by atoms with Crippen molar-refractivity contribution < 1.29 is 19.1 Å². The second kappa shape index (κ2) is 8.20. The van der Waals surface area contributed by atoms with Crippen LogP contribution in [0.5, 0.6) is 5.75 Å². The number of amides is 4. The number of hydrogen-bond acceptors (Lipinski definition) is 4. The van der Waals surface area contributed by atoms with Gasteiger partial charge in [0.1, 0.15) is 17.8 Å². The van der Waals surface area contributed by atoms with E-state index in [2.05, 4.69) is 5.32 Å². The van der Waals surface area contributed by atoms with Crippen molar-refractivity contribution in [1.29, 1.82) is 0 Å². The molecule has 152 valence electrons. The van der Waals surface area contributed by atoms with Crippen LogP contribution in [0.3, 0.4) is 0 Å². The molecule has 1 aliphatic heterocycles. The lowest BCUT2D eigenvalue weighted by atomic mass is 9.81. The maximum atomic E-state index is 13.0. The van der Waals surface area contributed by atoms with Gasteiger partial charge in [0.05, 0.1) is 12.6 Å². The number of urea groups is 1. The van der Waals surface area contributed by atoms with E-state index >= 15 is 0 Å². The van der Waals surface area contributed by atoms with Crippen LogP contribution < -0.4 is 10.1 Å². The van der Waals surface area contributed by atoms with E-state index in [-0.39, 0.29) is 30.4 Å². The van der Waals surface area contributed by atoms with Gasteiger partial charge >= 0.3 is 6.03 Å². The highest BCUT2D eigenvalue weighted by atomic mass is 16.5. The minimum Gasteiger partial charge on any atom is -0.494 e. The second-order valence-corrected chi connectivity index (χ2v) is 7.62. The van der Waals surface area contributed by atoms with Crippen LogP contribution in [0.15, 0.2) is 24.3 Å². The standard InChI is InChI=1S/C21H29N3O4/c1-4-28-17-10-8-9-16(13-17)15(2)22-18(25)14-24-19(26)21(23(3)20(24)27)11-6-5-7-12-21/h8-10,13,15H,4-7,11-12,14H2,1-3H3,(H,22,25). The van der Waals surface area contributed by atoms with E-state index in [1.807, 2.05) is 38.1 Å². The van der Waals surface area contributed by atoms with E-state index in [1.54, 1.807) is 7.05 Å². The third-order valence-corrected chi connectivity index (χ3v) is 5.83. The van der Waals surface area contributed by atoms with Gasteiger partial charge in [-0.2, -0.15) is 0 Å². The van der Waals surface area contributed by atoms with Crippen LogP contribution in [0, 0.1) is 0 Å². The molecule has 0 bridgehead atoms. The van der Waals surface area contributed by atoms with Crippen LogP contribution in [0.4, 0.5) is 4.79 Å². The summed E-state index contributed by atoms with van der Waals surface area (Å²) in [6.07, 6.45) is 4.28. The smallest absolute Gasteiger partial charge is 0.327 e. The number of hydrogen-bond donors (Lipinski definition) is 1. The van der Waals surface area contributed by atoms with Crippen molar-refractivity contribution in [2.75, 3.05) is 20.2 Å². The second-order valence-electron chi connectivity index (χ2n) is 7.62. The lowest BCUT2D eigenvalue weighted by Crippen LogP contribution is -2.49. The Labute approximate surface area is 166 Å². The first kappa shape index (κ1) is 20.2. The van der Waals surface area contributed by atoms with Crippen LogP contribution >= 0.6 is 0 Å². The summed E-state index contributed by atoms with van der Waals surface area (Å²) in [6, 6.07) is 6.88. The molecule has 4 amide bonds. The molecule has 1 saturated carbocycles. The highest BCUT2D eigenvalue weighted by Gasteiger charge is 2.55. The summed E-state index contributed by atoms with van der Waals surface area (Å²) in [5.41, 5.74) is 0.145. The van der Waals surface area contributed by atoms with E-state index < -0.39 is 5.54 Å². The topological polar surface area (TPSA) is 79.0 Å². The number of carbonyl (C=O) groups excluding carboxylic acids is 3. The highest BCUT2D eigenvalue weighted by Crippen LogP contribution is 2.39. The van der Waals surface area contributed by atoms with Gasteiger partial charge in [-0.3, -0.25) is 14.5 Å². The Kier molecular flexibility index (Phi) is 5.91.